The molecule has 0 bridgehead atoms. The molecule has 0 aromatic heterocycles. The Kier molecular flexibility index (Phi) is 6.27. The Hall–Kier alpha value is -0.950. The summed E-state index contributed by atoms with van der Waals surface area (Å²) < 4.78 is 29.5. The fraction of sp³-hybridized carbons (Fsp3) is 0.667. The van der Waals surface area contributed by atoms with Gasteiger partial charge in [0.25, 0.3) is 10.2 Å². The van der Waals surface area contributed by atoms with E-state index < -0.39 is 10.2 Å². The number of benzene rings is 1. The van der Waals surface area contributed by atoms with Crippen molar-refractivity contribution in [1.29, 1.82) is 0 Å². The molecule has 0 saturated carbocycles. The van der Waals surface area contributed by atoms with Gasteiger partial charge in [-0.05, 0) is 44.3 Å². The molecule has 2 fully saturated rings. The summed E-state index contributed by atoms with van der Waals surface area (Å²) in [5.74, 6) is 0. The van der Waals surface area contributed by atoms with Crippen molar-refractivity contribution in [2.75, 3.05) is 32.7 Å². The van der Waals surface area contributed by atoms with Crippen molar-refractivity contribution in [2.24, 2.45) is 0 Å². The van der Waals surface area contributed by atoms with Crippen LogP contribution in [0.15, 0.2) is 30.3 Å². The van der Waals surface area contributed by atoms with Gasteiger partial charge in [-0.1, -0.05) is 43.2 Å². The highest BCUT2D eigenvalue weighted by atomic mass is 32.2. The Balaban J connectivity index is 1.72. The molecule has 1 N–H and O–H groups in total. The van der Waals surface area contributed by atoms with E-state index in [0.29, 0.717) is 19.6 Å². The Morgan fingerprint density at radius 3 is 2.08 bits per heavy atom. The lowest BCUT2D eigenvalue weighted by atomic mass is 10.1. The van der Waals surface area contributed by atoms with Gasteiger partial charge in [-0.3, -0.25) is 4.90 Å². The number of nitrogens with one attached hydrogen (secondary N) is 1. The van der Waals surface area contributed by atoms with Crippen LogP contribution in [0.2, 0.25) is 0 Å². The molecule has 134 valence electrons. The van der Waals surface area contributed by atoms with E-state index in [2.05, 4.69) is 21.8 Å². The average Bonchev–Trinajstić information content (AvgIpc) is 3.02. The minimum absolute atomic E-state index is 0.113. The normalized spacial score (nSPS) is 22.3. The molecule has 1 aromatic carbocycles. The first-order valence-corrected chi connectivity index (χ1v) is 10.6. The zero-order valence-electron chi connectivity index (χ0n) is 14.4. The van der Waals surface area contributed by atoms with Crippen molar-refractivity contribution in [3.63, 3.8) is 0 Å². The van der Waals surface area contributed by atoms with E-state index in [0.717, 1.165) is 25.9 Å². The number of likely N-dealkylation sites (tertiary alicyclic amines) is 1. The van der Waals surface area contributed by atoms with Gasteiger partial charge in [0.05, 0.1) is 0 Å². The van der Waals surface area contributed by atoms with Crippen LogP contribution >= 0.6 is 0 Å². The molecular weight excluding hydrogens is 322 g/mol. The molecule has 0 aliphatic carbocycles. The maximum atomic E-state index is 12.5. The molecule has 0 amide bonds. The van der Waals surface area contributed by atoms with E-state index in [-0.39, 0.29) is 6.04 Å². The molecule has 2 aliphatic heterocycles. The van der Waals surface area contributed by atoms with Crippen molar-refractivity contribution >= 4 is 10.2 Å². The zero-order chi connectivity index (χ0) is 16.8. The molecule has 2 saturated heterocycles. The molecule has 24 heavy (non-hydrogen) atoms. The molecule has 3 rings (SSSR count). The molecule has 0 unspecified atom stereocenters. The topological polar surface area (TPSA) is 52.7 Å². The first-order valence-electron chi connectivity index (χ1n) is 9.20. The zero-order valence-corrected chi connectivity index (χ0v) is 15.2. The van der Waals surface area contributed by atoms with Crippen molar-refractivity contribution in [3.05, 3.63) is 35.9 Å². The summed E-state index contributed by atoms with van der Waals surface area (Å²) in [5.41, 5.74) is 1.20. The fourth-order valence-corrected chi connectivity index (χ4v) is 5.03. The number of hydrogen-bond acceptors (Lipinski definition) is 3. The summed E-state index contributed by atoms with van der Waals surface area (Å²) in [6.45, 7) is 3.84. The van der Waals surface area contributed by atoms with Gasteiger partial charge in [-0.25, -0.2) is 4.72 Å². The molecule has 5 nitrogen and oxygen atoms in total. The number of nitrogens with zero attached hydrogens (tertiary/aromatic N) is 2. The van der Waals surface area contributed by atoms with Crippen LogP contribution in [0.3, 0.4) is 0 Å². The Morgan fingerprint density at radius 2 is 1.46 bits per heavy atom. The first kappa shape index (κ1) is 17.9. The molecule has 0 spiro atoms. The van der Waals surface area contributed by atoms with Crippen molar-refractivity contribution in [3.8, 4) is 0 Å². The minimum Gasteiger partial charge on any atom is -0.295 e. The van der Waals surface area contributed by atoms with Gasteiger partial charge in [-0.15, -0.1) is 0 Å². The summed E-state index contributed by atoms with van der Waals surface area (Å²) >= 11 is 0. The van der Waals surface area contributed by atoms with Crippen LogP contribution in [-0.2, 0) is 10.2 Å². The van der Waals surface area contributed by atoms with Crippen molar-refractivity contribution in [2.45, 2.75) is 44.6 Å². The summed E-state index contributed by atoms with van der Waals surface area (Å²) in [5, 5.41) is 0. The predicted octanol–water partition coefficient (Wildman–Crippen LogP) is 2.53. The van der Waals surface area contributed by atoms with Crippen LogP contribution in [0.25, 0.3) is 0 Å². The van der Waals surface area contributed by atoms with Gasteiger partial charge >= 0.3 is 0 Å². The third kappa shape index (κ3) is 4.57. The summed E-state index contributed by atoms with van der Waals surface area (Å²) in [4.78, 5) is 2.45. The Labute approximate surface area is 146 Å². The summed E-state index contributed by atoms with van der Waals surface area (Å²) in [6.07, 6.45) is 6.88. The molecule has 0 radical (unpaired) electrons. The minimum atomic E-state index is -3.35. The Morgan fingerprint density at radius 1 is 0.875 bits per heavy atom. The Bertz CT molecular complexity index is 592. The number of hydrogen-bond donors (Lipinski definition) is 1. The highest BCUT2D eigenvalue weighted by Gasteiger charge is 2.28. The third-order valence-electron chi connectivity index (χ3n) is 5.13. The van der Waals surface area contributed by atoms with Crippen LogP contribution in [0.1, 0.15) is 50.1 Å². The smallest absolute Gasteiger partial charge is 0.279 e. The van der Waals surface area contributed by atoms with E-state index in [1.165, 1.54) is 31.2 Å². The third-order valence-corrected chi connectivity index (χ3v) is 6.71. The SMILES string of the molecule is O=S(=O)(NC[C@@H](c1ccccc1)N1CCCCCC1)N1CCCC1. The second-order valence-electron chi connectivity index (χ2n) is 6.84. The van der Waals surface area contributed by atoms with E-state index in [4.69, 9.17) is 0 Å². The maximum absolute atomic E-state index is 12.5. The highest BCUT2D eigenvalue weighted by molar-refractivity contribution is 7.87. The van der Waals surface area contributed by atoms with Gasteiger partial charge in [-0.2, -0.15) is 12.7 Å². The molecular formula is C18H29N3O2S. The van der Waals surface area contributed by atoms with Crippen LogP contribution in [0, 0.1) is 0 Å². The van der Waals surface area contributed by atoms with Crippen LogP contribution < -0.4 is 4.72 Å². The fourth-order valence-electron chi connectivity index (χ4n) is 3.74. The van der Waals surface area contributed by atoms with Gasteiger partial charge in [0.2, 0.25) is 0 Å². The van der Waals surface area contributed by atoms with Crippen molar-refractivity contribution in [1.82, 2.24) is 13.9 Å². The molecule has 2 heterocycles. The van der Waals surface area contributed by atoms with E-state index in [1.807, 2.05) is 18.2 Å². The second-order valence-corrected chi connectivity index (χ2v) is 8.59. The van der Waals surface area contributed by atoms with Gasteiger partial charge in [0.1, 0.15) is 0 Å². The van der Waals surface area contributed by atoms with Gasteiger partial charge < -0.3 is 0 Å². The van der Waals surface area contributed by atoms with Crippen LogP contribution in [0.4, 0.5) is 0 Å². The highest BCUT2D eigenvalue weighted by Crippen LogP contribution is 2.24. The van der Waals surface area contributed by atoms with Crippen LogP contribution in [0.5, 0.6) is 0 Å². The maximum Gasteiger partial charge on any atom is 0.279 e. The molecule has 6 heteroatoms. The van der Waals surface area contributed by atoms with Gasteiger partial charge in [0.15, 0.2) is 0 Å². The second kappa shape index (κ2) is 8.43. The van der Waals surface area contributed by atoms with E-state index >= 15 is 0 Å². The lowest BCUT2D eigenvalue weighted by Crippen LogP contribution is -2.44. The molecule has 1 atom stereocenters. The van der Waals surface area contributed by atoms with Crippen LogP contribution in [-0.4, -0.2) is 50.3 Å². The van der Waals surface area contributed by atoms with Gasteiger partial charge in [0, 0.05) is 25.7 Å². The molecule has 1 aromatic rings. The summed E-state index contributed by atoms with van der Waals surface area (Å²) in [6, 6.07) is 10.4. The first-order chi connectivity index (χ1) is 11.7. The van der Waals surface area contributed by atoms with E-state index in [1.54, 1.807) is 4.31 Å². The van der Waals surface area contributed by atoms with Crippen molar-refractivity contribution < 1.29 is 8.42 Å². The largest absolute Gasteiger partial charge is 0.295 e. The van der Waals surface area contributed by atoms with E-state index in [9.17, 15) is 8.42 Å². The number of rotatable bonds is 6. The summed E-state index contributed by atoms with van der Waals surface area (Å²) in [7, 11) is -3.35. The molecule has 2 aliphatic rings. The lowest BCUT2D eigenvalue weighted by molar-refractivity contribution is 0.205. The predicted molar refractivity (Wildman–Crippen MR) is 97.0 cm³/mol. The monoisotopic (exact) mass is 351 g/mol. The quantitative estimate of drug-likeness (QED) is 0.857. The average molecular weight is 352 g/mol. The lowest BCUT2D eigenvalue weighted by Gasteiger charge is -2.31. The standard InChI is InChI=1S/C18H29N3O2S/c22-24(23,21-14-8-9-15-21)19-16-18(17-10-4-3-5-11-17)20-12-6-1-2-7-13-20/h3-5,10-11,18-19H,1-2,6-9,12-16H2/t18-/m0/s1.